The van der Waals surface area contributed by atoms with E-state index in [1.54, 1.807) is 0 Å². The quantitative estimate of drug-likeness (QED) is 0.397. The summed E-state index contributed by atoms with van der Waals surface area (Å²) in [6.45, 7) is 1.48. The van der Waals surface area contributed by atoms with Crippen LogP contribution in [0.25, 0.3) is 0 Å². The molecule has 24 heavy (non-hydrogen) atoms. The lowest BCUT2D eigenvalue weighted by Crippen LogP contribution is -2.27. The number of unbranched alkanes of at least 4 members (excludes halogenated alkanes) is 1. The predicted molar refractivity (Wildman–Crippen MR) is 91.4 cm³/mol. The van der Waals surface area contributed by atoms with Gasteiger partial charge in [-0.25, -0.2) is 0 Å². The van der Waals surface area contributed by atoms with E-state index in [0.29, 0.717) is 18.9 Å². The van der Waals surface area contributed by atoms with Crippen molar-refractivity contribution in [3.8, 4) is 0 Å². The average Bonchev–Trinajstić information content (AvgIpc) is 2.96. The summed E-state index contributed by atoms with van der Waals surface area (Å²) in [7, 11) is 1.42. The van der Waals surface area contributed by atoms with Crippen LogP contribution in [-0.2, 0) is 19.0 Å². The van der Waals surface area contributed by atoms with Gasteiger partial charge in [0.15, 0.2) is 6.29 Å². The zero-order valence-electron chi connectivity index (χ0n) is 14.8. The van der Waals surface area contributed by atoms with Crippen molar-refractivity contribution in [1.29, 1.82) is 0 Å². The zero-order chi connectivity index (χ0) is 17.2. The first-order valence-corrected chi connectivity index (χ1v) is 9.33. The van der Waals surface area contributed by atoms with Crippen LogP contribution in [-0.4, -0.2) is 43.8 Å². The van der Waals surface area contributed by atoms with Gasteiger partial charge in [-0.2, -0.15) is 0 Å². The highest BCUT2D eigenvalue weighted by Crippen LogP contribution is 2.35. The van der Waals surface area contributed by atoms with Gasteiger partial charge in [-0.1, -0.05) is 12.2 Å². The lowest BCUT2D eigenvalue weighted by Gasteiger charge is -2.26. The summed E-state index contributed by atoms with van der Waals surface area (Å²) in [5.74, 6) is 0.521. The van der Waals surface area contributed by atoms with Crippen molar-refractivity contribution in [3.05, 3.63) is 12.2 Å². The van der Waals surface area contributed by atoms with Crippen LogP contribution in [0.15, 0.2) is 12.2 Å². The fraction of sp³-hybridized carbons (Fsp3) is 0.842. The maximum atomic E-state index is 11.0. The number of methoxy groups -OCH3 is 1. The van der Waals surface area contributed by atoms with E-state index in [4.69, 9.17) is 9.47 Å². The molecule has 1 saturated heterocycles. The smallest absolute Gasteiger partial charge is 0.305 e. The molecular weight excluding hydrogens is 308 g/mol. The van der Waals surface area contributed by atoms with Crippen LogP contribution in [0.3, 0.4) is 0 Å². The molecule has 0 aromatic heterocycles. The molecule has 1 saturated carbocycles. The van der Waals surface area contributed by atoms with Gasteiger partial charge in [0.1, 0.15) is 0 Å². The van der Waals surface area contributed by atoms with E-state index in [1.807, 2.05) is 0 Å². The molecule has 0 aromatic carbocycles. The van der Waals surface area contributed by atoms with Crippen molar-refractivity contribution in [2.45, 2.75) is 70.2 Å². The molecule has 1 N–H and O–H groups in total. The zero-order valence-corrected chi connectivity index (χ0v) is 14.8. The van der Waals surface area contributed by atoms with Gasteiger partial charge < -0.3 is 19.3 Å². The Bertz CT molecular complexity index is 389. The Balaban J connectivity index is 1.66. The van der Waals surface area contributed by atoms with Crippen LogP contribution in [0.5, 0.6) is 0 Å². The van der Waals surface area contributed by atoms with Gasteiger partial charge in [0.2, 0.25) is 0 Å². The minimum absolute atomic E-state index is 0.0500. The minimum Gasteiger partial charge on any atom is -0.469 e. The molecule has 2 aliphatic rings. The molecular formula is C19H32O5. The number of aliphatic hydroxyl groups is 1. The fourth-order valence-electron chi connectivity index (χ4n) is 3.59. The van der Waals surface area contributed by atoms with Crippen molar-refractivity contribution in [2.75, 3.05) is 20.3 Å². The monoisotopic (exact) mass is 340 g/mol. The number of carbonyl (C=O) groups excluding carboxylic acids is 1. The van der Waals surface area contributed by atoms with E-state index in [0.717, 1.165) is 51.6 Å². The Morgan fingerprint density at radius 2 is 2.12 bits per heavy atom. The highest BCUT2D eigenvalue weighted by molar-refractivity contribution is 5.68. The molecule has 1 aliphatic carbocycles. The lowest BCUT2D eigenvalue weighted by molar-refractivity contribution is -0.171. The van der Waals surface area contributed by atoms with Crippen molar-refractivity contribution in [2.24, 2.45) is 11.8 Å². The summed E-state index contributed by atoms with van der Waals surface area (Å²) >= 11 is 0. The summed E-state index contributed by atoms with van der Waals surface area (Å²) in [6, 6.07) is 0. The SMILES string of the molecule is COC(=O)CCC/C=C\C[C@@H]1[C@@H](COC2CCCCO2)CC[C@@H]1O. The number of ether oxygens (including phenoxy) is 3. The number of rotatable bonds is 9. The van der Waals surface area contributed by atoms with Crippen LogP contribution in [0.2, 0.25) is 0 Å². The van der Waals surface area contributed by atoms with Crippen LogP contribution < -0.4 is 0 Å². The highest BCUT2D eigenvalue weighted by atomic mass is 16.7. The third-order valence-electron chi connectivity index (χ3n) is 5.12. The van der Waals surface area contributed by atoms with E-state index in [1.165, 1.54) is 13.5 Å². The number of aliphatic hydroxyl groups excluding tert-OH is 1. The van der Waals surface area contributed by atoms with E-state index in [2.05, 4.69) is 16.9 Å². The second kappa shape index (κ2) is 10.9. The second-order valence-corrected chi connectivity index (χ2v) is 6.87. The number of hydrogen-bond acceptors (Lipinski definition) is 5. The first-order chi connectivity index (χ1) is 11.7. The molecule has 0 bridgehead atoms. The molecule has 1 unspecified atom stereocenters. The minimum atomic E-state index is -0.231. The third-order valence-corrected chi connectivity index (χ3v) is 5.12. The van der Waals surface area contributed by atoms with Gasteiger partial charge >= 0.3 is 5.97 Å². The fourth-order valence-corrected chi connectivity index (χ4v) is 3.59. The van der Waals surface area contributed by atoms with Crippen LogP contribution >= 0.6 is 0 Å². The molecule has 5 nitrogen and oxygen atoms in total. The predicted octanol–water partition coefficient (Wildman–Crippen LogP) is 3.21. The third kappa shape index (κ3) is 6.54. The highest BCUT2D eigenvalue weighted by Gasteiger charge is 2.34. The Morgan fingerprint density at radius 1 is 1.25 bits per heavy atom. The normalized spacial score (nSPS) is 30.8. The molecule has 1 heterocycles. The Morgan fingerprint density at radius 3 is 2.88 bits per heavy atom. The molecule has 4 atom stereocenters. The van der Waals surface area contributed by atoms with Gasteiger partial charge in [0.25, 0.3) is 0 Å². The average molecular weight is 340 g/mol. The van der Waals surface area contributed by atoms with Crippen LogP contribution in [0.4, 0.5) is 0 Å². The lowest BCUT2D eigenvalue weighted by atomic mass is 9.92. The summed E-state index contributed by atoms with van der Waals surface area (Å²) in [6.07, 6.45) is 12.2. The van der Waals surface area contributed by atoms with Crippen molar-refractivity contribution < 1.29 is 24.1 Å². The molecule has 1 aliphatic heterocycles. The number of esters is 1. The van der Waals surface area contributed by atoms with Gasteiger partial charge in [0.05, 0.1) is 19.8 Å². The van der Waals surface area contributed by atoms with Gasteiger partial charge in [-0.05, 0) is 63.2 Å². The molecule has 0 aromatic rings. The van der Waals surface area contributed by atoms with E-state index >= 15 is 0 Å². The van der Waals surface area contributed by atoms with Gasteiger partial charge in [0, 0.05) is 13.0 Å². The molecule has 138 valence electrons. The summed E-state index contributed by atoms with van der Waals surface area (Å²) in [4.78, 5) is 11.0. The largest absolute Gasteiger partial charge is 0.469 e. The van der Waals surface area contributed by atoms with E-state index in [-0.39, 0.29) is 24.3 Å². The summed E-state index contributed by atoms with van der Waals surface area (Å²) in [5.41, 5.74) is 0. The van der Waals surface area contributed by atoms with Gasteiger partial charge in [-0.3, -0.25) is 4.79 Å². The Kier molecular flexibility index (Phi) is 8.78. The molecule has 2 fully saturated rings. The maximum absolute atomic E-state index is 11.0. The first kappa shape index (κ1) is 19.4. The van der Waals surface area contributed by atoms with Crippen molar-refractivity contribution in [3.63, 3.8) is 0 Å². The summed E-state index contributed by atoms with van der Waals surface area (Å²) < 4.78 is 16.2. The van der Waals surface area contributed by atoms with Crippen molar-refractivity contribution >= 4 is 5.97 Å². The maximum Gasteiger partial charge on any atom is 0.305 e. The molecule has 5 heteroatoms. The second-order valence-electron chi connectivity index (χ2n) is 6.87. The molecule has 2 rings (SSSR count). The number of hydrogen-bond donors (Lipinski definition) is 1. The van der Waals surface area contributed by atoms with Crippen LogP contribution in [0.1, 0.15) is 57.8 Å². The number of allylic oxidation sites excluding steroid dienone is 2. The molecule has 0 spiro atoms. The Labute approximate surface area is 145 Å². The topological polar surface area (TPSA) is 65.0 Å². The standard InChI is InChI=1S/C19H32O5/c1-22-18(21)9-5-3-2-4-8-16-15(11-12-17(16)20)14-24-19-10-6-7-13-23-19/h2,4,15-17,19-20H,3,5-14H2,1H3/b4-2-/t15-,16-,17+,19?/m1/s1. The van der Waals surface area contributed by atoms with E-state index in [9.17, 15) is 9.90 Å². The molecule has 0 radical (unpaired) electrons. The number of carbonyl (C=O) groups is 1. The van der Waals surface area contributed by atoms with Crippen LogP contribution in [0, 0.1) is 11.8 Å². The Hall–Kier alpha value is -0.910. The molecule has 0 amide bonds. The van der Waals surface area contributed by atoms with Crippen molar-refractivity contribution in [1.82, 2.24) is 0 Å². The first-order valence-electron chi connectivity index (χ1n) is 9.33. The summed E-state index contributed by atoms with van der Waals surface area (Å²) in [5, 5.41) is 10.2. The van der Waals surface area contributed by atoms with E-state index < -0.39 is 0 Å². The van der Waals surface area contributed by atoms with Gasteiger partial charge in [-0.15, -0.1) is 0 Å².